The molecule has 4 aromatic rings. The molecular weight excluding hydrogens is 390 g/mol. The van der Waals surface area contributed by atoms with Gasteiger partial charge >= 0.3 is 0 Å². The van der Waals surface area contributed by atoms with Gasteiger partial charge in [0.15, 0.2) is 0 Å². The zero-order valence-corrected chi connectivity index (χ0v) is 16.1. The van der Waals surface area contributed by atoms with Gasteiger partial charge in [-0.1, -0.05) is 30.3 Å². The third-order valence-corrected chi connectivity index (χ3v) is 4.88. The number of nitrogens with zero attached hydrogens (tertiary/aromatic N) is 1. The molecule has 30 heavy (non-hydrogen) atoms. The number of halogens is 2. The molecule has 2 heterocycles. The number of fused-ring (bicyclic) bond motifs is 1. The maximum atomic E-state index is 14.0. The average Bonchev–Trinajstić information content (AvgIpc) is 3.08. The van der Waals surface area contributed by atoms with Crippen LogP contribution in [0.5, 0.6) is 0 Å². The summed E-state index contributed by atoms with van der Waals surface area (Å²) in [4.78, 5) is 25.9. The summed E-state index contributed by atoms with van der Waals surface area (Å²) in [6.45, 7) is 1.80. The molecule has 2 aromatic carbocycles. The van der Waals surface area contributed by atoms with Crippen LogP contribution in [0.25, 0.3) is 11.0 Å². The molecular formula is C23H18F2N2O3. The second-order valence-corrected chi connectivity index (χ2v) is 6.92. The minimum Gasteiger partial charge on any atom is -0.460 e. The van der Waals surface area contributed by atoms with Crippen molar-refractivity contribution >= 4 is 16.9 Å². The van der Waals surface area contributed by atoms with Crippen molar-refractivity contribution < 1.29 is 18.0 Å². The second-order valence-electron chi connectivity index (χ2n) is 6.92. The van der Waals surface area contributed by atoms with E-state index < -0.39 is 17.3 Å². The number of carbonyl (C=O) groups excluding carboxylic acids is 1. The van der Waals surface area contributed by atoms with Crippen LogP contribution < -0.4 is 10.9 Å². The molecule has 0 spiro atoms. The van der Waals surface area contributed by atoms with Gasteiger partial charge < -0.3 is 14.3 Å². The Morgan fingerprint density at radius 2 is 1.80 bits per heavy atom. The van der Waals surface area contributed by atoms with Gasteiger partial charge in [0.2, 0.25) is 0 Å². The van der Waals surface area contributed by atoms with Crippen molar-refractivity contribution in [1.29, 1.82) is 0 Å². The number of hydrogen-bond acceptors (Lipinski definition) is 3. The summed E-state index contributed by atoms with van der Waals surface area (Å²) < 4.78 is 34.0. The number of rotatable bonds is 5. The lowest BCUT2D eigenvalue weighted by Crippen LogP contribution is -2.26. The minimum absolute atomic E-state index is 0.0301. The number of furan rings is 1. The largest absolute Gasteiger partial charge is 0.460 e. The van der Waals surface area contributed by atoms with Crippen LogP contribution in [-0.2, 0) is 13.1 Å². The van der Waals surface area contributed by atoms with Crippen molar-refractivity contribution in [1.82, 2.24) is 9.88 Å². The molecule has 0 saturated carbocycles. The minimum atomic E-state index is -0.476. The van der Waals surface area contributed by atoms with E-state index >= 15 is 0 Å². The number of nitrogens with one attached hydrogen (secondary N) is 1. The molecule has 1 N–H and O–H groups in total. The number of amides is 1. The monoisotopic (exact) mass is 408 g/mol. The number of aryl methyl sites for hydroxylation is 1. The molecule has 0 fully saturated rings. The van der Waals surface area contributed by atoms with Crippen LogP contribution in [0.4, 0.5) is 8.78 Å². The maximum absolute atomic E-state index is 14.0. The lowest BCUT2D eigenvalue weighted by atomic mass is 10.1. The molecule has 0 unspecified atom stereocenters. The molecule has 0 aliphatic heterocycles. The quantitative estimate of drug-likeness (QED) is 0.539. The van der Waals surface area contributed by atoms with E-state index in [4.69, 9.17) is 4.42 Å². The van der Waals surface area contributed by atoms with Gasteiger partial charge in [-0.05, 0) is 36.8 Å². The third-order valence-electron chi connectivity index (χ3n) is 4.88. The summed E-state index contributed by atoms with van der Waals surface area (Å²) in [5.74, 6) is -0.944. The predicted octanol–water partition coefficient (Wildman–Crippen LogP) is 4.16. The van der Waals surface area contributed by atoms with E-state index in [9.17, 15) is 18.4 Å². The van der Waals surface area contributed by atoms with Crippen molar-refractivity contribution in [2.45, 2.75) is 20.0 Å². The molecule has 4 rings (SSSR count). The number of pyridine rings is 1. The fourth-order valence-corrected chi connectivity index (χ4v) is 3.35. The first-order chi connectivity index (χ1) is 14.4. The van der Waals surface area contributed by atoms with Crippen LogP contribution in [0.2, 0.25) is 0 Å². The normalized spacial score (nSPS) is 11.0. The molecule has 0 aliphatic rings. The average molecular weight is 408 g/mol. The summed E-state index contributed by atoms with van der Waals surface area (Å²) in [5, 5.41) is 2.87. The zero-order valence-electron chi connectivity index (χ0n) is 16.1. The summed E-state index contributed by atoms with van der Waals surface area (Å²) in [7, 11) is 0. The van der Waals surface area contributed by atoms with Crippen LogP contribution in [-0.4, -0.2) is 10.5 Å². The number of aromatic nitrogens is 1. The fraction of sp³-hybridized carbons (Fsp3) is 0.130. The Hall–Kier alpha value is -3.74. The van der Waals surface area contributed by atoms with E-state index in [1.165, 1.54) is 29.0 Å². The number of carbonyl (C=O) groups is 1. The van der Waals surface area contributed by atoms with Gasteiger partial charge in [0.1, 0.15) is 23.0 Å². The van der Waals surface area contributed by atoms with Crippen LogP contribution in [0.1, 0.15) is 27.2 Å². The Kier molecular flexibility index (Phi) is 5.18. The maximum Gasteiger partial charge on any atom is 0.262 e. The summed E-state index contributed by atoms with van der Waals surface area (Å²) in [5.41, 5.74) is 1.06. The molecule has 0 atom stereocenters. The fourth-order valence-electron chi connectivity index (χ4n) is 3.35. The van der Waals surface area contributed by atoms with Crippen LogP contribution in [0.3, 0.4) is 0 Å². The Morgan fingerprint density at radius 3 is 2.53 bits per heavy atom. The topological polar surface area (TPSA) is 64.2 Å². The first-order valence-corrected chi connectivity index (χ1v) is 9.32. The Morgan fingerprint density at radius 1 is 1.07 bits per heavy atom. The summed E-state index contributed by atoms with van der Waals surface area (Å²) in [6, 6.07) is 13.5. The summed E-state index contributed by atoms with van der Waals surface area (Å²) >= 11 is 0. The van der Waals surface area contributed by atoms with E-state index in [0.717, 1.165) is 0 Å². The van der Waals surface area contributed by atoms with Crippen molar-refractivity contribution in [3.63, 3.8) is 0 Å². The van der Waals surface area contributed by atoms with Crippen molar-refractivity contribution in [2.75, 3.05) is 0 Å². The third kappa shape index (κ3) is 3.74. The van der Waals surface area contributed by atoms with E-state index in [2.05, 4.69) is 5.32 Å². The highest BCUT2D eigenvalue weighted by molar-refractivity contribution is 6.06. The van der Waals surface area contributed by atoms with Gasteiger partial charge in [0.05, 0.1) is 17.5 Å². The number of hydrogen-bond donors (Lipinski definition) is 1. The van der Waals surface area contributed by atoms with E-state index in [0.29, 0.717) is 16.9 Å². The Balaban J connectivity index is 1.66. The lowest BCUT2D eigenvalue weighted by Gasteiger charge is -2.08. The highest BCUT2D eigenvalue weighted by atomic mass is 19.1. The first kappa shape index (κ1) is 19.6. The van der Waals surface area contributed by atoms with Crippen LogP contribution in [0.15, 0.2) is 70.0 Å². The van der Waals surface area contributed by atoms with Crippen molar-refractivity contribution in [3.8, 4) is 0 Å². The van der Waals surface area contributed by atoms with E-state index in [1.807, 2.05) is 0 Å². The van der Waals surface area contributed by atoms with Crippen LogP contribution in [0, 0.1) is 18.6 Å². The van der Waals surface area contributed by atoms with Gasteiger partial charge in [-0.15, -0.1) is 0 Å². The van der Waals surface area contributed by atoms with Crippen LogP contribution >= 0.6 is 0 Å². The van der Waals surface area contributed by atoms with Gasteiger partial charge in [-0.2, -0.15) is 0 Å². The zero-order chi connectivity index (χ0) is 21.3. The first-order valence-electron chi connectivity index (χ1n) is 9.32. The highest BCUT2D eigenvalue weighted by Gasteiger charge is 2.22. The molecule has 2 aromatic heterocycles. The highest BCUT2D eigenvalue weighted by Crippen LogP contribution is 2.23. The molecule has 0 bridgehead atoms. The molecule has 1 amide bonds. The Labute approximate surface area is 170 Å². The van der Waals surface area contributed by atoms with E-state index in [-0.39, 0.29) is 35.4 Å². The molecule has 7 heteroatoms. The SMILES string of the molecule is Cc1oc2ccn(Cc3ccccc3F)c(=O)c2c1C(=O)NCc1ccc(F)cc1. The van der Waals surface area contributed by atoms with Gasteiger partial charge in [0, 0.05) is 18.3 Å². The van der Waals surface area contributed by atoms with Gasteiger partial charge in [-0.3, -0.25) is 9.59 Å². The number of benzene rings is 2. The van der Waals surface area contributed by atoms with Crippen molar-refractivity contribution in [2.24, 2.45) is 0 Å². The molecule has 0 radical (unpaired) electrons. The van der Waals surface area contributed by atoms with Gasteiger partial charge in [-0.25, -0.2) is 8.78 Å². The standard InChI is InChI=1S/C23H18F2N2O3/c1-14-20(22(28)26-12-15-6-8-17(24)9-7-15)21-19(30-14)10-11-27(23(21)29)13-16-4-2-3-5-18(16)25/h2-11H,12-13H2,1H3,(H,26,28). The smallest absolute Gasteiger partial charge is 0.262 e. The Bertz CT molecular complexity index is 1290. The second kappa shape index (κ2) is 7.94. The van der Waals surface area contributed by atoms with Crippen molar-refractivity contribution in [3.05, 3.63) is 105 Å². The molecule has 5 nitrogen and oxygen atoms in total. The summed E-state index contributed by atoms with van der Waals surface area (Å²) in [6.07, 6.45) is 1.51. The van der Waals surface area contributed by atoms with Gasteiger partial charge in [0.25, 0.3) is 11.5 Å². The molecule has 0 saturated heterocycles. The van der Waals surface area contributed by atoms with E-state index in [1.54, 1.807) is 43.3 Å². The molecule has 152 valence electrons. The molecule has 0 aliphatic carbocycles. The predicted molar refractivity (Wildman–Crippen MR) is 108 cm³/mol. The lowest BCUT2D eigenvalue weighted by molar-refractivity contribution is 0.0950.